The number of carbonyl (C=O) groups is 2. The number of hydrogen-bond acceptors (Lipinski definition) is 3. The highest BCUT2D eigenvalue weighted by Gasteiger charge is 2.25. The number of amides is 2. The Bertz CT molecular complexity index is 893. The second-order valence-corrected chi connectivity index (χ2v) is 7.94. The third-order valence-corrected chi connectivity index (χ3v) is 5.94. The zero-order valence-corrected chi connectivity index (χ0v) is 17.2. The number of benzene rings is 2. The van der Waals surface area contributed by atoms with Crippen LogP contribution in [0.4, 0.5) is 5.69 Å². The zero-order valence-electron chi connectivity index (χ0n) is 15.7. The van der Waals surface area contributed by atoms with Gasteiger partial charge >= 0.3 is 0 Å². The van der Waals surface area contributed by atoms with Gasteiger partial charge in [-0.05, 0) is 68.2 Å². The van der Waals surface area contributed by atoms with E-state index in [1.807, 2.05) is 18.2 Å². The summed E-state index contributed by atoms with van der Waals surface area (Å²) in [5.74, 6) is -0.565. The largest absolute Gasteiger partial charge is 0.366 e. The number of carbonyl (C=O) groups excluding carboxylic acids is 2. The first-order chi connectivity index (χ1) is 13.3. The minimum Gasteiger partial charge on any atom is -0.366 e. The molecule has 1 heterocycles. The minimum absolute atomic E-state index is 0.0149. The van der Waals surface area contributed by atoms with E-state index in [9.17, 15) is 9.59 Å². The number of nitrogens with two attached hydrogens (primary N) is 1. The average molecular weight is 420 g/mol. The Morgan fingerprint density at radius 3 is 2.50 bits per heavy atom. The normalized spacial score (nSPS) is 15.4. The molecular weight excluding hydrogens is 397 g/mol. The van der Waals surface area contributed by atoms with E-state index in [-0.39, 0.29) is 11.8 Å². The van der Waals surface area contributed by atoms with Gasteiger partial charge in [0.1, 0.15) is 0 Å². The fourth-order valence-corrected chi connectivity index (χ4v) is 3.84. The van der Waals surface area contributed by atoms with Crippen LogP contribution in [0, 0.1) is 12.8 Å². The highest BCUT2D eigenvalue weighted by Crippen LogP contribution is 2.26. The molecule has 0 atom stereocenters. The fourth-order valence-electron chi connectivity index (χ4n) is 3.52. The van der Waals surface area contributed by atoms with Gasteiger partial charge in [-0.1, -0.05) is 35.3 Å². The molecule has 0 saturated carbocycles. The lowest BCUT2D eigenvalue weighted by molar-refractivity contribution is -0.121. The summed E-state index contributed by atoms with van der Waals surface area (Å²) in [5.41, 5.74) is 8.25. The number of likely N-dealkylation sites (tertiary alicyclic amines) is 1. The van der Waals surface area contributed by atoms with Crippen LogP contribution < -0.4 is 11.1 Å². The number of hydrogen-bond donors (Lipinski definition) is 2. The molecule has 5 nitrogen and oxygen atoms in total. The van der Waals surface area contributed by atoms with Gasteiger partial charge < -0.3 is 11.1 Å². The Morgan fingerprint density at radius 1 is 1.14 bits per heavy atom. The summed E-state index contributed by atoms with van der Waals surface area (Å²) in [6.07, 6.45) is 1.56. The van der Waals surface area contributed by atoms with Crippen LogP contribution in [-0.2, 0) is 11.3 Å². The molecule has 28 heavy (non-hydrogen) atoms. The van der Waals surface area contributed by atoms with Crippen molar-refractivity contribution in [1.82, 2.24) is 4.90 Å². The topological polar surface area (TPSA) is 75.4 Å². The molecule has 1 saturated heterocycles. The maximum Gasteiger partial charge on any atom is 0.249 e. The van der Waals surface area contributed by atoms with Crippen molar-refractivity contribution < 1.29 is 9.59 Å². The van der Waals surface area contributed by atoms with Crippen molar-refractivity contribution >= 4 is 40.7 Å². The van der Waals surface area contributed by atoms with Crippen LogP contribution in [0.3, 0.4) is 0 Å². The molecule has 3 rings (SSSR count). The lowest BCUT2D eigenvalue weighted by Crippen LogP contribution is -2.37. The van der Waals surface area contributed by atoms with Gasteiger partial charge in [-0.15, -0.1) is 0 Å². The van der Waals surface area contributed by atoms with Crippen LogP contribution >= 0.6 is 23.2 Å². The summed E-state index contributed by atoms with van der Waals surface area (Å²) in [5, 5.41) is 4.07. The van der Waals surface area contributed by atoms with Crippen LogP contribution in [0.15, 0.2) is 36.4 Å². The number of anilines is 1. The first-order valence-electron chi connectivity index (χ1n) is 9.21. The maximum absolute atomic E-state index is 12.7. The molecule has 0 unspecified atom stereocenters. The Morgan fingerprint density at radius 2 is 1.86 bits per heavy atom. The lowest BCUT2D eigenvalue weighted by Gasteiger charge is -2.31. The predicted molar refractivity (Wildman–Crippen MR) is 113 cm³/mol. The van der Waals surface area contributed by atoms with Crippen molar-refractivity contribution in [2.45, 2.75) is 26.3 Å². The second kappa shape index (κ2) is 8.95. The SMILES string of the molecule is Cc1c(NC(=O)C2CCN(Cc3ccc(Cl)c(Cl)c3)CC2)cccc1C(N)=O. The van der Waals surface area contributed by atoms with Gasteiger partial charge in [-0.3, -0.25) is 14.5 Å². The third kappa shape index (κ3) is 4.85. The van der Waals surface area contributed by atoms with Crippen molar-refractivity contribution in [3.8, 4) is 0 Å². The van der Waals surface area contributed by atoms with Crippen molar-refractivity contribution in [2.24, 2.45) is 11.7 Å². The smallest absolute Gasteiger partial charge is 0.249 e. The van der Waals surface area contributed by atoms with Gasteiger partial charge in [0.25, 0.3) is 0 Å². The summed E-state index contributed by atoms with van der Waals surface area (Å²) in [7, 11) is 0. The molecule has 7 heteroatoms. The molecular formula is C21H23Cl2N3O2. The van der Waals surface area contributed by atoms with E-state index < -0.39 is 5.91 Å². The molecule has 1 aliphatic heterocycles. The van der Waals surface area contributed by atoms with Gasteiger partial charge in [0.15, 0.2) is 0 Å². The zero-order chi connectivity index (χ0) is 20.3. The molecule has 0 aromatic heterocycles. The number of nitrogens with zero attached hydrogens (tertiary/aromatic N) is 1. The standard InChI is InChI=1S/C21H23Cl2N3O2/c1-13-16(20(24)27)3-2-4-19(13)25-21(28)15-7-9-26(10-8-15)12-14-5-6-17(22)18(23)11-14/h2-6,11,15H,7-10,12H2,1H3,(H2,24,27)(H,25,28). The Labute approximate surface area is 174 Å². The highest BCUT2D eigenvalue weighted by atomic mass is 35.5. The molecule has 3 N–H and O–H groups in total. The van der Waals surface area contributed by atoms with Crippen LogP contribution in [-0.4, -0.2) is 29.8 Å². The van der Waals surface area contributed by atoms with Crippen molar-refractivity contribution in [3.05, 3.63) is 63.1 Å². The van der Waals surface area contributed by atoms with Gasteiger partial charge in [0.2, 0.25) is 11.8 Å². The summed E-state index contributed by atoms with van der Waals surface area (Å²) in [6.45, 7) is 4.23. The first-order valence-corrected chi connectivity index (χ1v) is 9.97. The lowest BCUT2D eigenvalue weighted by atomic mass is 9.95. The number of nitrogens with one attached hydrogen (secondary N) is 1. The van der Waals surface area contributed by atoms with Gasteiger partial charge in [0, 0.05) is 23.7 Å². The molecule has 1 aliphatic rings. The number of primary amides is 1. The Hall–Kier alpha value is -2.08. The van der Waals surface area contributed by atoms with Gasteiger partial charge in [-0.25, -0.2) is 0 Å². The maximum atomic E-state index is 12.7. The summed E-state index contributed by atoms with van der Waals surface area (Å²) < 4.78 is 0. The van der Waals surface area contributed by atoms with Crippen LogP contribution in [0.25, 0.3) is 0 Å². The molecule has 1 fully saturated rings. The van der Waals surface area contributed by atoms with Crippen LogP contribution in [0.1, 0.15) is 34.3 Å². The highest BCUT2D eigenvalue weighted by molar-refractivity contribution is 6.42. The Balaban J connectivity index is 1.56. The van der Waals surface area contributed by atoms with Gasteiger partial charge in [-0.2, -0.15) is 0 Å². The molecule has 0 spiro atoms. The second-order valence-electron chi connectivity index (χ2n) is 7.13. The van der Waals surface area contributed by atoms with E-state index >= 15 is 0 Å². The van der Waals surface area contributed by atoms with Gasteiger partial charge in [0.05, 0.1) is 10.0 Å². The molecule has 2 amide bonds. The van der Waals surface area contributed by atoms with E-state index in [1.165, 1.54) is 0 Å². The molecule has 2 aromatic rings. The van der Waals surface area contributed by atoms with E-state index in [2.05, 4.69) is 10.2 Å². The van der Waals surface area contributed by atoms with Crippen molar-refractivity contribution in [3.63, 3.8) is 0 Å². The van der Waals surface area contributed by atoms with Crippen LogP contribution in [0.2, 0.25) is 10.0 Å². The van der Waals surface area contributed by atoms with E-state index in [0.717, 1.165) is 38.0 Å². The van der Waals surface area contributed by atoms with Crippen molar-refractivity contribution in [2.75, 3.05) is 18.4 Å². The minimum atomic E-state index is -0.496. The van der Waals surface area contributed by atoms with E-state index in [0.29, 0.717) is 26.9 Å². The predicted octanol–water partition coefficient (Wildman–Crippen LogP) is 4.25. The molecule has 148 valence electrons. The first kappa shape index (κ1) is 20.6. The Kier molecular flexibility index (Phi) is 6.60. The average Bonchev–Trinajstić information content (AvgIpc) is 2.66. The van der Waals surface area contributed by atoms with Crippen molar-refractivity contribution in [1.29, 1.82) is 0 Å². The summed E-state index contributed by atoms with van der Waals surface area (Å²) >= 11 is 12.1. The fraction of sp³-hybridized carbons (Fsp3) is 0.333. The van der Waals surface area contributed by atoms with E-state index in [1.54, 1.807) is 25.1 Å². The number of rotatable bonds is 5. The third-order valence-electron chi connectivity index (χ3n) is 5.21. The molecule has 0 radical (unpaired) electrons. The number of halogens is 2. The summed E-state index contributed by atoms with van der Waals surface area (Å²) in [4.78, 5) is 26.5. The quantitative estimate of drug-likeness (QED) is 0.760. The summed E-state index contributed by atoms with van der Waals surface area (Å²) in [6, 6.07) is 10.8. The number of piperidine rings is 1. The molecule has 0 bridgehead atoms. The van der Waals surface area contributed by atoms with E-state index in [4.69, 9.17) is 28.9 Å². The monoisotopic (exact) mass is 419 g/mol. The van der Waals surface area contributed by atoms with Crippen LogP contribution in [0.5, 0.6) is 0 Å². The molecule has 0 aliphatic carbocycles. The molecule has 2 aromatic carbocycles.